The minimum absolute atomic E-state index is 0.442. The van der Waals surface area contributed by atoms with Crippen molar-refractivity contribution in [3.05, 3.63) is 0 Å². The van der Waals surface area contributed by atoms with E-state index in [-0.39, 0.29) is 0 Å². The Kier molecular flexibility index (Phi) is 3.62. The summed E-state index contributed by atoms with van der Waals surface area (Å²) in [6, 6.07) is 0. The highest BCUT2D eigenvalue weighted by Gasteiger charge is 2.06. The molecule has 0 aliphatic rings. The third kappa shape index (κ3) is 5.80. The molecule has 0 aromatic carbocycles. The molecule has 1 N–H and O–H groups in total. The molecule has 7 heteroatoms. The Bertz CT molecular complexity index is 211. The number of ether oxygens (including phenoxy) is 1. The molecule has 0 amide bonds. The predicted molar refractivity (Wildman–Crippen MR) is 34.8 cm³/mol. The highest BCUT2D eigenvalue weighted by atomic mass is 35.7. The van der Waals surface area contributed by atoms with E-state index in [1.54, 1.807) is 4.72 Å². The molecule has 0 radical (unpaired) electrons. The fourth-order valence-electron chi connectivity index (χ4n) is 0.217. The van der Waals surface area contributed by atoms with E-state index in [0.29, 0.717) is 0 Å². The Balaban J connectivity index is 3.67. The van der Waals surface area contributed by atoms with Crippen LogP contribution in [0, 0.1) is 0 Å². The minimum Gasteiger partial charge on any atom is -0.468 e. The number of carbonyl (C=O) groups excluding carboxylic acids is 1. The zero-order valence-electron chi connectivity index (χ0n) is 5.13. The van der Waals surface area contributed by atoms with Crippen LogP contribution >= 0.6 is 10.7 Å². The zero-order valence-corrected chi connectivity index (χ0v) is 6.70. The molecule has 0 saturated heterocycles. The topological polar surface area (TPSA) is 72.5 Å². The molecule has 0 heterocycles. The molecule has 0 spiro atoms. The Morgan fingerprint density at radius 1 is 1.70 bits per heavy atom. The van der Waals surface area contributed by atoms with Crippen molar-refractivity contribution in [3.8, 4) is 0 Å². The van der Waals surface area contributed by atoms with Crippen LogP contribution in [0.5, 0.6) is 0 Å². The van der Waals surface area contributed by atoms with E-state index in [1.807, 2.05) is 0 Å². The summed E-state index contributed by atoms with van der Waals surface area (Å²) in [5.41, 5.74) is 0. The van der Waals surface area contributed by atoms with Crippen molar-refractivity contribution in [1.82, 2.24) is 4.72 Å². The van der Waals surface area contributed by atoms with Crippen LogP contribution in [-0.2, 0) is 18.8 Å². The van der Waals surface area contributed by atoms with Gasteiger partial charge >= 0.3 is 5.97 Å². The van der Waals surface area contributed by atoms with E-state index in [4.69, 9.17) is 0 Å². The van der Waals surface area contributed by atoms with Gasteiger partial charge in [0, 0.05) is 10.7 Å². The molecular formula is C3H6ClNO4S. The van der Waals surface area contributed by atoms with Crippen LogP contribution in [0.4, 0.5) is 0 Å². The smallest absolute Gasteiger partial charge is 0.320 e. The van der Waals surface area contributed by atoms with E-state index in [2.05, 4.69) is 15.4 Å². The van der Waals surface area contributed by atoms with Crippen molar-refractivity contribution >= 4 is 25.9 Å². The van der Waals surface area contributed by atoms with Crippen LogP contribution < -0.4 is 4.72 Å². The summed E-state index contributed by atoms with van der Waals surface area (Å²) in [5.74, 6) is -0.691. The van der Waals surface area contributed by atoms with Gasteiger partial charge in [-0.3, -0.25) is 4.79 Å². The Labute approximate surface area is 62.9 Å². The van der Waals surface area contributed by atoms with Gasteiger partial charge in [-0.2, -0.15) is 13.1 Å². The number of hydrogen-bond donors (Lipinski definition) is 1. The molecule has 0 aliphatic heterocycles. The van der Waals surface area contributed by atoms with Crippen LogP contribution in [0.1, 0.15) is 0 Å². The fourth-order valence-corrected chi connectivity index (χ4v) is 0.671. The molecule has 0 aromatic rings. The summed E-state index contributed by atoms with van der Waals surface area (Å²) in [4.78, 5) is 10.3. The van der Waals surface area contributed by atoms with E-state index in [9.17, 15) is 13.2 Å². The third-order valence-electron chi connectivity index (χ3n) is 0.617. The number of hydrogen-bond acceptors (Lipinski definition) is 4. The van der Waals surface area contributed by atoms with Gasteiger partial charge in [0.1, 0.15) is 6.54 Å². The van der Waals surface area contributed by atoms with Gasteiger partial charge in [-0.1, -0.05) is 0 Å². The molecule has 60 valence electrons. The highest BCUT2D eigenvalue weighted by molar-refractivity contribution is 8.12. The van der Waals surface area contributed by atoms with E-state index >= 15 is 0 Å². The van der Waals surface area contributed by atoms with Gasteiger partial charge in [0.25, 0.3) is 9.24 Å². The first-order valence-electron chi connectivity index (χ1n) is 2.22. The number of nitrogens with one attached hydrogen (secondary N) is 1. The lowest BCUT2D eigenvalue weighted by atomic mass is 10.7. The molecule has 5 nitrogen and oxygen atoms in total. The highest BCUT2D eigenvalue weighted by Crippen LogP contribution is 1.87. The number of methoxy groups -OCH3 is 1. The molecule has 10 heavy (non-hydrogen) atoms. The SMILES string of the molecule is COC(=O)CNS(=O)(=O)Cl. The monoisotopic (exact) mass is 187 g/mol. The first-order valence-corrected chi connectivity index (χ1v) is 4.52. The molecule has 0 rings (SSSR count). The molecule has 0 aliphatic carbocycles. The maximum atomic E-state index is 10.3. The van der Waals surface area contributed by atoms with Crippen LogP contribution in [0.25, 0.3) is 0 Å². The summed E-state index contributed by atoms with van der Waals surface area (Å²) in [5, 5.41) is 0. The predicted octanol–water partition coefficient (Wildman–Crippen LogP) is -0.767. The van der Waals surface area contributed by atoms with Gasteiger partial charge in [-0.25, -0.2) is 0 Å². The van der Waals surface area contributed by atoms with Gasteiger partial charge in [-0.05, 0) is 0 Å². The molecular weight excluding hydrogens is 182 g/mol. The maximum absolute atomic E-state index is 10.3. The van der Waals surface area contributed by atoms with Gasteiger partial charge in [0.2, 0.25) is 0 Å². The van der Waals surface area contributed by atoms with Gasteiger partial charge in [-0.15, -0.1) is 0 Å². The van der Waals surface area contributed by atoms with Gasteiger partial charge < -0.3 is 4.74 Å². The summed E-state index contributed by atoms with van der Waals surface area (Å²) < 4.78 is 26.1. The van der Waals surface area contributed by atoms with Gasteiger partial charge in [0.05, 0.1) is 7.11 Å². The van der Waals surface area contributed by atoms with Crippen molar-refractivity contribution in [2.75, 3.05) is 13.7 Å². The summed E-state index contributed by atoms with van der Waals surface area (Å²) in [6.07, 6.45) is 0. The molecule has 0 fully saturated rings. The normalized spacial score (nSPS) is 11.0. The number of esters is 1. The van der Waals surface area contributed by atoms with Crippen molar-refractivity contribution in [2.24, 2.45) is 0 Å². The summed E-state index contributed by atoms with van der Waals surface area (Å²) >= 11 is 0. The second-order valence-corrected chi connectivity index (χ2v) is 3.72. The molecule has 0 aromatic heterocycles. The van der Waals surface area contributed by atoms with E-state index < -0.39 is 21.8 Å². The second-order valence-electron chi connectivity index (χ2n) is 1.34. The van der Waals surface area contributed by atoms with Crippen LogP contribution in [0.3, 0.4) is 0 Å². The minimum atomic E-state index is -3.81. The largest absolute Gasteiger partial charge is 0.468 e. The lowest BCUT2D eigenvalue weighted by Gasteiger charge is -1.96. The lowest BCUT2D eigenvalue weighted by molar-refractivity contribution is -0.139. The summed E-state index contributed by atoms with van der Waals surface area (Å²) in [7, 11) is 2.02. The molecule has 0 saturated carbocycles. The Morgan fingerprint density at radius 2 is 2.20 bits per heavy atom. The Morgan fingerprint density at radius 3 is 2.50 bits per heavy atom. The zero-order chi connectivity index (χ0) is 8.20. The average Bonchev–Trinajstić information content (AvgIpc) is 1.81. The average molecular weight is 188 g/mol. The molecule has 0 unspecified atom stereocenters. The van der Waals surface area contributed by atoms with E-state index in [0.717, 1.165) is 7.11 Å². The van der Waals surface area contributed by atoms with Crippen LogP contribution in [0.2, 0.25) is 0 Å². The molecule has 0 bridgehead atoms. The third-order valence-corrected chi connectivity index (χ3v) is 1.43. The van der Waals surface area contributed by atoms with Crippen LogP contribution in [0.15, 0.2) is 0 Å². The standard InChI is InChI=1S/C3H6ClNO4S/c1-9-3(6)2-5-10(4,7)8/h5H,2H2,1H3. The first kappa shape index (κ1) is 9.67. The first-order chi connectivity index (χ1) is 4.45. The Hall–Kier alpha value is -0.330. The van der Waals surface area contributed by atoms with E-state index in [1.165, 1.54) is 0 Å². The molecule has 0 atom stereocenters. The van der Waals surface area contributed by atoms with Gasteiger partial charge in [0.15, 0.2) is 0 Å². The summed E-state index contributed by atoms with van der Waals surface area (Å²) in [6.45, 7) is -0.442. The van der Waals surface area contributed by atoms with Crippen molar-refractivity contribution in [2.45, 2.75) is 0 Å². The number of rotatable bonds is 3. The second kappa shape index (κ2) is 3.75. The number of carbonyl (C=O) groups is 1. The van der Waals surface area contributed by atoms with Crippen molar-refractivity contribution in [1.29, 1.82) is 0 Å². The quantitative estimate of drug-likeness (QED) is 0.465. The fraction of sp³-hybridized carbons (Fsp3) is 0.667. The van der Waals surface area contributed by atoms with Crippen LogP contribution in [-0.4, -0.2) is 28.0 Å². The maximum Gasteiger partial charge on any atom is 0.320 e. The number of halogens is 1. The van der Waals surface area contributed by atoms with Crippen molar-refractivity contribution in [3.63, 3.8) is 0 Å². The lowest BCUT2D eigenvalue weighted by Crippen LogP contribution is -2.26. The van der Waals surface area contributed by atoms with Crippen molar-refractivity contribution < 1.29 is 17.9 Å².